The number of imidazole rings is 1. The number of hydrogen-bond acceptors (Lipinski definition) is 3. The third-order valence-corrected chi connectivity index (χ3v) is 4.07. The molecule has 1 fully saturated rings. The highest BCUT2D eigenvalue weighted by Gasteiger charge is 2.25. The highest BCUT2D eigenvalue weighted by atomic mass is 15.3. The molecule has 19 heavy (non-hydrogen) atoms. The molecule has 1 aliphatic heterocycles. The summed E-state index contributed by atoms with van der Waals surface area (Å²) in [6.07, 6.45) is 1.27. The maximum atomic E-state index is 4.69. The Morgan fingerprint density at radius 1 is 1.42 bits per heavy atom. The molecule has 0 spiro atoms. The van der Waals surface area contributed by atoms with E-state index in [0.29, 0.717) is 0 Å². The molecule has 2 aromatic rings. The molecule has 0 radical (unpaired) electrons. The number of fused-ring (bicyclic) bond motifs is 1. The largest absolute Gasteiger partial charge is 0.342 e. The summed E-state index contributed by atoms with van der Waals surface area (Å²) in [5.74, 6) is 1.79. The van der Waals surface area contributed by atoms with Gasteiger partial charge in [-0.3, -0.25) is 0 Å². The molecule has 0 amide bonds. The van der Waals surface area contributed by atoms with Gasteiger partial charge in [-0.15, -0.1) is 0 Å². The Morgan fingerprint density at radius 2 is 2.26 bits per heavy atom. The molecule has 1 aliphatic rings. The topological polar surface area (TPSA) is 35.2 Å². The normalized spacial score (nSPS) is 19.7. The number of benzene rings is 1. The van der Waals surface area contributed by atoms with Gasteiger partial charge in [-0.25, -0.2) is 4.98 Å². The number of hydrogen-bond donors (Lipinski definition) is 1. The van der Waals surface area contributed by atoms with Crippen LogP contribution in [-0.2, 0) is 0 Å². The maximum Gasteiger partial charge on any atom is 0.203 e. The SMILES string of the molecule is CCN(C)CC1CCN(c2nc3ccccc3[nH]2)C1. The molecule has 4 heteroatoms. The van der Waals surface area contributed by atoms with Gasteiger partial charge in [0.2, 0.25) is 5.95 Å². The summed E-state index contributed by atoms with van der Waals surface area (Å²) < 4.78 is 0. The molecule has 2 heterocycles. The van der Waals surface area contributed by atoms with Crippen molar-refractivity contribution in [3.8, 4) is 0 Å². The van der Waals surface area contributed by atoms with Crippen molar-refractivity contribution >= 4 is 17.0 Å². The van der Waals surface area contributed by atoms with Gasteiger partial charge in [0.05, 0.1) is 11.0 Å². The maximum absolute atomic E-state index is 4.69. The quantitative estimate of drug-likeness (QED) is 0.914. The van der Waals surface area contributed by atoms with E-state index in [1.165, 1.54) is 13.0 Å². The van der Waals surface area contributed by atoms with E-state index in [1.807, 2.05) is 12.1 Å². The van der Waals surface area contributed by atoms with E-state index in [4.69, 9.17) is 0 Å². The summed E-state index contributed by atoms with van der Waals surface area (Å²) in [4.78, 5) is 12.9. The van der Waals surface area contributed by atoms with Crippen LogP contribution in [0.3, 0.4) is 0 Å². The Hall–Kier alpha value is -1.55. The predicted octanol–water partition coefficient (Wildman–Crippen LogP) is 2.34. The zero-order chi connectivity index (χ0) is 13.2. The fraction of sp³-hybridized carbons (Fsp3) is 0.533. The Bertz CT molecular complexity index is 515. The van der Waals surface area contributed by atoms with E-state index >= 15 is 0 Å². The third-order valence-electron chi connectivity index (χ3n) is 4.07. The van der Waals surface area contributed by atoms with Crippen molar-refractivity contribution in [2.45, 2.75) is 13.3 Å². The smallest absolute Gasteiger partial charge is 0.203 e. The fourth-order valence-electron chi connectivity index (χ4n) is 2.83. The molecule has 1 aromatic heterocycles. The minimum Gasteiger partial charge on any atom is -0.342 e. The monoisotopic (exact) mass is 258 g/mol. The van der Waals surface area contributed by atoms with E-state index in [0.717, 1.165) is 42.5 Å². The Labute approximate surface area is 114 Å². The average Bonchev–Trinajstić information content (AvgIpc) is 3.04. The van der Waals surface area contributed by atoms with Gasteiger partial charge in [-0.05, 0) is 38.1 Å². The van der Waals surface area contributed by atoms with Crippen LogP contribution < -0.4 is 4.90 Å². The van der Waals surface area contributed by atoms with Gasteiger partial charge in [0.15, 0.2) is 0 Å². The number of aromatic amines is 1. The lowest BCUT2D eigenvalue weighted by Crippen LogP contribution is -2.28. The summed E-state index contributed by atoms with van der Waals surface area (Å²) in [6, 6.07) is 8.24. The van der Waals surface area contributed by atoms with Gasteiger partial charge in [0, 0.05) is 19.6 Å². The van der Waals surface area contributed by atoms with Crippen LogP contribution >= 0.6 is 0 Å². The van der Waals surface area contributed by atoms with Crippen LogP contribution in [0.2, 0.25) is 0 Å². The zero-order valence-corrected chi connectivity index (χ0v) is 11.8. The van der Waals surface area contributed by atoms with Crippen molar-refractivity contribution in [1.82, 2.24) is 14.9 Å². The van der Waals surface area contributed by atoms with E-state index in [9.17, 15) is 0 Å². The summed E-state index contributed by atoms with van der Waals surface area (Å²) in [5, 5.41) is 0. The summed E-state index contributed by atoms with van der Waals surface area (Å²) in [5.41, 5.74) is 2.19. The summed E-state index contributed by atoms with van der Waals surface area (Å²) in [6.45, 7) is 6.76. The van der Waals surface area contributed by atoms with Gasteiger partial charge >= 0.3 is 0 Å². The lowest BCUT2D eigenvalue weighted by atomic mass is 10.1. The predicted molar refractivity (Wildman–Crippen MR) is 79.6 cm³/mol. The highest BCUT2D eigenvalue weighted by Crippen LogP contribution is 2.24. The fourth-order valence-corrected chi connectivity index (χ4v) is 2.83. The summed E-state index contributed by atoms with van der Waals surface area (Å²) in [7, 11) is 2.20. The Kier molecular flexibility index (Phi) is 3.42. The Balaban J connectivity index is 1.70. The van der Waals surface area contributed by atoms with Crippen molar-refractivity contribution in [1.29, 1.82) is 0 Å². The van der Waals surface area contributed by atoms with E-state index in [-0.39, 0.29) is 0 Å². The molecule has 0 bridgehead atoms. The second kappa shape index (κ2) is 5.21. The average molecular weight is 258 g/mol. The Morgan fingerprint density at radius 3 is 3.05 bits per heavy atom. The number of nitrogens with zero attached hydrogens (tertiary/aromatic N) is 3. The standard InChI is InChI=1S/C15H22N4/c1-3-18(2)10-12-8-9-19(11-12)15-16-13-6-4-5-7-14(13)17-15/h4-7,12H,3,8-11H2,1-2H3,(H,16,17). The van der Waals surface area contributed by atoms with Crippen LogP contribution in [0.25, 0.3) is 11.0 Å². The lowest BCUT2D eigenvalue weighted by molar-refractivity contribution is 0.300. The van der Waals surface area contributed by atoms with E-state index in [1.54, 1.807) is 0 Å². The van der Waals surface area contributed by atoms with Gasteiger partial charge in [-0.2, -0.15) is 0 Å². The lowest BCUT2D eigenvalue weighted by Gasteiger charge is -2.19. The number of rotatable bonds is 4. The number of aromatic nitrogens is 2. The minimum absolute atomic E-state index is 0.762. The van der Waals surface area contributed by atoms with Crippen molar-refractivity contribution in [3.05, 3.63) is 24.3 Å². The molecular weight excluding hydrogens is 236 g/mol. The zero-order valence-electron chi connectivity index (χ0n) is 11.8. The number of nitrogens with one attached hydrogen (secondary N) is 1. The molecule has 0 saturated carbocycles. The molecule has 1 aromatic carbocycles. The number of anilines is 1. The molecule has 1 unspecified atom stereocenters. The molecule has 1 saturated heterocycles. The van der Waals surface area contributed by atoms with Gasteiger partial charge in [-0.1, -0.05) is 19.1 Å². The minimum atomic E-state index is 0.762. The van der Waals surface area contributed by atoms with Crippen LogP contribution in [-0.4, -0.2) is 48.1 Å². The van der Waals surface area contributed by atoms with Crippen LogP contribution in [0.1, 0.15) is 13.3 Å². The summed E-state index contributed by atoms with van der Waals surface area (Å²) >= 11 is 0. The van der Waals surface area contributed by atoms with E-state index in [2.05, 4.69) is 45.9 Å². The molecule has 4 nitrogen and oxygen atoms in total. The van der Waals surface area contributed by atoms with Crippen molar-refractivity contribution in [2.24, 2.45) is 5.92 Å². The van der Waals surface area contributed by atoms with Gasteiger partial charge < -0.3 is 14.8 Å². The van der Waals surface area contributed by atoms with Gasteiger partial charge in [0.25, 0.3) is 0 Å². The first-order valence-corrected chi connectivity index (χ1v) is 7.14. The van der Waals surface area contributed by atoms with Crippen molar-refractivity contribution < 1.29 is 0 Å². The first kappa shape index (κ1) is 12.5. The first-order valence-electron chi connectivity index (χ1n) is 7.14. The van der Waals surface area contributed by atoms with Crippen LogP contribution in [0.5, 0.6) is 0 Å². The van der Waals surface area contributed by atoms with Gasteiger partial charge in [0.1, 0.15) is 0 Å². The van der Waals surface area contributed by atoms with Crippen molar-refractivity contribution in [3.63, 3.8) is 0 Å². The third kappa shape index (κ3) is 2.59. The molecule has 1 N–H and O–H groups in total. The molecule has 1 atom stereocenters. The van der Waals surface area contributed by atoms with E-state index < -0.39 is 0 Å². The van der Waals surface area contributed by atoms with Crippen LogP contribution in [0.4, 0.5) is 5.95 Å². The van der Waals surface area contributed by atoms with Crippen LogP contribution in [0.15, 0.2) is 24.3 Å². The second-order valence-electron chi connectivity index (χ2n) is 5.53. The molecule has 0 aliphatic carbocycles. The molecule has 102 valence electrons. The first-order chi connectivity index (χ1) is 9.26. The van der Waals surface area contributed by atoms with Crippen molar-refractivity contribution in [2.75, 3.05) is 38.1 Å². The number of para-hydroxylation sites is 2. The molecule has 3 rings (SSSR count). The number of H-pyrrole nitrogens is 1. The molecular formula is C15H22N4. The highest BCUT2D eigenvalue weighted by molar-refractivity contribution is 5.77. The second-order valence-corrected chi connectivity index (χ2v) is 5.53. The van der Waals surface area contributed by atoms with Crippen LogP contribution in [0, 0.1) is 5.92 Å².